The number of carbonyl (C=O) groups excluding carboxylic acids is 1. The van der Waals surface area contributed by atoms with Gasteiger partial charge >= 0.3 is 5.69 Å². The molecule has 1 N–H and O–H groups in total. The molecule has 0 radical (unpaired) electrons. The van der Waals surface area contributed by atoms with E-state index in [0.29, 0.717) is 12.5 Å². The van der Waals surface area contributed by atoms with Crippen LogP contribution in [-0.2, 0) is 6.54 Å². The Hall–Kier alpha value is -1.65. The van der Waals surface area contributed by atoms with Crippen molar-refractivity contribution in [3.63, 3.8) is 0 Å². The molecular weight excluding hydrogens is 232 g/mol. The van der Waals surface area contributed by atoms with Gasteiger partial charge in [-0.15, -0.1) is 0 Å². The molecule has 1 heterocycles. The zero-order chi connectivity index (χ0) is 12.9. The van der Waals surface area contributed by atoms with Crippen LogP contribution in [0.2, 0.25) is 0 Å². The van der Waals surface area contributed by atoms with E-state index in [1.54, 1.807) is 0 Å². The Morgan fingerprint density at radius 2 is 2.11 bits per heavy atom. The molecule has 2 fully saturated rings. The summed E-state index contributed by atoms with van der Waals surface area (Å²) in [6.45, 7) is 1.81. The predicted molar refractivity (Wildman–Crippen MR) is 65.7 cm³/mol. The largest absolute Gasteiger partial charge is 0.328 e. The minimum Gasteiger partial charge on any atom is -0.313 e. The van der Waals surface area contributed by atoms with Gasteiger partial charge < -0.3 is 4.98 Å². The van der Waals surface area contributed by atoms with E-state index in [1.807, 2.05) is 0 Å². The lowest BCUT2D eigenvalue weighted by molar-refractivity contribution is 0.101. The van der Waals surface area contributed by atoms with E-state index in [0.717, 1.165) is 12.8 Å². The lowest BCUT2D eigenvalue weighted by Gasteiger charge is -2.15. The Kier molecular flexibility index (Phi) is 2.33. The highest BCUT2D eigenvalue weighted by atomic mass is 16.2. The molecule has 0 atom stereocenters. The van der Waals surface area contributed by atoms with Crippen LogP contribution >= 0.6 is 0 Å². The number of Topliss-reactive ketones (excluding diaryl/α,β-unsaturated/α-hetero) is 1. The molecular formula is C13H16N2O3. The highest BCUT2D eigenvalue weighted by molar-refractivity contribution is 5.93. The third-order valence-electron chi connectivity index (χ3n) is 4.25. The number of nitrogens with one attached hydrogen (secondary N) is 1. The summed E-state index contributed by atoms with van der Waals surface area (Å²) in [5.74, 6) is 0.367. The van der Waals surface area contributed by atoms with Crippen LogP contribution in [-0.4, -0.2) is 15.3 Å². The van der Waals surface area contributed by atoms with Crippen LogP contribution in [0.3, 0.4) is 0 Å². The summed E-state index contributed by atoms with van der Waals surface area (Å²) in [5, 5.41) is 0. The fourth-order valence-corrected chi connectivity index (χ4v) is 2.77. The number of aromatic amines is 1. The van der Waals surface area contributed by atoms with E-state index in [9.17, 15) is 14.4 Å². The molecule has 0 bridgehead atoms. The molecule has 2 aliphatic carbocycles. The van der Waals surface area contributed by atoms with Crippen molar-refractivity contribution < 1.29 is 4.79 Å². The molecule has 0 saturated heterocycles. The molecule has 1 aromatic rings. The molecule has 0 unspecified atom stereocenters. The molecule has 0 aliphatic heterocycles. The average Bonchev–Trinajstić information content (AvgIpc) is 3.14. The maximum atomic E-state index is 12.1. The number of rotatable bonds is 4. The molecule has 2 aliphatic rings. The second-order valence-corrected chi connectivity index (χ2v) is 5.59. The fourth-order valence-electron chi connectivity index (χ4n) is 2.77. The zero-order valence-electron chi connectivity index (χ0n) is 10.4. The Morgan fingerprint density at radius 1 is 1.44 bits per heavy atom. The molecule has 5 nitrogen and oxygen atoms in total. The Balaban J connectivity index is 2.01. The second kappa shape index (κ2) is 3.67. The minimum atomic E-state index is -0.446. The van der Waals surface area contributed by atoms with Gasteiger partial charge in [0.05, 0.1) is 5.56 Å². The van der Waals surface area contributed by atoms with Crippen molar-refractivity contribution in [2.45, 2.75) is 39.2 Å². The standard InChI is InChI=1S/C13H16N2O3/c1-8(16)10-6-14-12(18)15(11(10)17)7-13(4-5-13)9-2-3-9/h6,9H,2-5,7H2,1H3,(H,14,18). The zero-order valence-corrected chi connectivity index (χ0v) is 10.4. The van der Waals surface area contributed by atoms with Gasteiger partial charge in [-0.1, -0.05) is 0 Å². The maximum absolute atomic E-state index is 12.1. The van der Waals surface area contributed by atoms with Gasteiger partial charge in [0.1, 0.15) is 0 Å². The number of H-pyrrole nitrogens is 1. The SMILES string of the molecule is CC(=O)c1c[nH]c(=O)n(CC2(C3CC3)CC2)c1=O. The van der Waals surface area contributed by atoms with Gasteiger partial charge in [-0.3, -0.25) is 14.2 Å². The van der Waals surface area contributed by atoms with E-state index in [4.69, 9.17) is 0 Å². The first-order chi connectivity index (χ1) is 8.53. The second-order valence-electron chi connectivity index (χ2n) is 5.59. The third-order valence-corrected chi connectivity index (χ3v) is 4.25. The van der Waals surface area contributed by atoms with E-state index in [2.05, 4.69) is 4.98 Å². The topological polar surface area (TPSA) is 71.9 Å². The highest BCUT2D eigenvalue weighted by Gasteiger charge is 2.54. The van der Waals surface area contributed by atoms with E-state index in [-0.39, 0.29) is 16.8 Å². The summed E-state index contributed by atoms with van der Waals surface area (Å²) in [7, 11) is 0. The van der Waals surface area contributed by atoms with Gasteiger partial charge in [0.2, 0.25) is 0 Å². The Labute approximate surface area is 104 Å². The summed E-state index contributed by atoms with van der Waals surface area (Å²) >= 11 is 0. The molecule has 18 heavy (non-hydrogen) atoms. The minimum absolute atomic E-state index is 0.0706. The van der Waals surface area contributed by atoms with E-state index in [1.165, 1.54) is 30.5 Å². The van der Waals surface area contributed by atoms with Crippen molar-refractivity contribution in [3.8, 4) is 0 Å². The van der Waals surface area contributed by atoms with Crippen molar-refractivity contribution in [1.29, 1.82) is 0 Å². The van der Waals surface area contributed by atoms with Crippen molar-refractivity contribution in [2.24, 2.45) is 11.3 Å². The molecule has 1 aromatic heterocycles. The van der Waals surface area contributed by atoms with E-state index >= 15 is 0 Å². The van der Waals surface area contributed by atoms with Gasteiger partial charge in [-0.25, -0.2) is 4.79 Å². The van der Waals surface area contributed by atoms with Gasteiger partial charge in [0.15, 0.2) is 5.78 Å². The summed E-state index contributed by atoms with van der Waals surface area (Å²) < 4.78 is 1.21. The average molecular weight is 248 g/mol. The highest BCUT2D eigenvalue weighted by Crippen LogP contribution is 2.61. The van der Waals surface area contributed by atoms with Crippen LogP contribution in [0.1, 0.15) is 43.0 Å². The monoisotopic (exact) mass is 248 g/mol. The molecule has 0 aromatic carbocycles. The van der Waals surface area contributed by atoms with Crippen LogP contribution in [0.25, 0.3) is 0 Å². The van der Waals surface area contributed by atoms with Crippen LogP contribution < -0.4 is 11.2 Å². The number of carbonyl (C=O) groups is 1. The first-order valence-corrected chi connectivity index (χ1v) is 6.37. The summed E-state index contributed by atoms with van der Waals surface area (Å²) in [6, 6.07) is 0. The molecule has 5 heteroatoms. The lowest BCUT2D eigenvalue weighted by atomic mass is 10.0. The van der Waals surface area contributed by atoms with Gasteiger partial charge in [-0.2, -0.15) is 0 Å². The van der Waals surface area contributed by atoms with Crippen molar-refractivity contribution in [2.75, 3.05) is 0 Å². The van der Waals surface area contributed by atoms with Crippen LogP contribution in [0.5, 0.6) is 0 Å². The maximum Gasteiger partial charge on any atom is 0.328 e. The van der Waals surface area contributed by atoms with Gasteiger partial charge in [0.25, 0.3) is 5.56 Å². The number of ketones is 1. The van der Waals surface area contributed by atoms with E-state index < -0.39 is 11.2 Å². The van der Waals surface area contributed by atoms with Gasteiger partial charge in [-0.05, 0) is 43.9 Å². The first kappa shape index (κ1) is 11.4. The molecule has 96 valence electrons. The fraction of sp³-hybridized carbons (Fsp3) is 0.615. The number of hydrogen-bond donors (Lipinski definition) is 1. The van der Waals surface area contributed by atoms with Crippen molar-refractivity contribution >= 4 is 5.78 Å². The smallest absolute Gasteiger partial charge is 0.313 e. The van der Waals surface area contributed by atoms with Gasteiger partial charge in [0, 0.05) is 12.7 Å². The Bertz CT molecular complexity index is 618. The molecule has 3 rings (SSSR count). The predicted octanol–water partition coefficient (Wildman–Crippen LogP) is 0.929. The summed E-state index contributed by atoms with van der Waals surface area (Å²) in [5.41, 5.74) is -0.622. The lowest BCUT2D eigenvalue weighted by Crippen LogP contribution is -2.40. The number of nitrogens with zero attached hydrogens (tertiary/aromatic N) is 1. The molecule has 0 amide bonds. The van der Waals surface area contributed by atoms with Crippen LogP contribution in [0.15, 0.2) is 15.8 Å². The van der Waals surface area contributed by atoms with Crippen LogP contribution in [0.4, 0.5) is 0 Å². The first-order valence-electron chi connectivity index (χ1n) is 6.37. The number of aromatic nitrogens is 2. The molecule has 0 spiro atoms. The van der Waals surface area contributed by atoms with Crippen molar-refractivity contribution in [3.05, 3.63) is 32.6 Å². The van der Waals surface area contributed by atoms with Crippen LogP contribution in [0, 0.1) is 11.3 Å². The summed E-state index contributed by atoms with van der Waals surface area (Å²) in [4.78, 5) is 37.7. The quantitative estimate of drug-likeness (QED) is 0.806. The summed E-state index contributed by atoms with van der Waals surface area (Å²) in [6.07, 6.45) is 5.82. The normalized spacial score (nSPS) is 20.7. The third kappa shape index (κ3) is 1.74. The number of hydrogen-bond acceptors (Lipinski definition) is 3. The van der Waals surface area contributed by atoms with Crippen molar-refractivity contribution in [1.82, 2.24) is 9.55 Å². The molecule has 2 saturated carbocycles. The Morgan fingerprint density at radius 3 is 2.61 bits per heavy atom.